The molecule has 3 aromatic rings. The van der Waals surface area contributed by atoms with Crippen molar-refractivity contribution in [1.82, 2.24) is 0 Å². The predicted octanol–water partition coefficient (Wildman–Crippen LogP) is 6.07. The predicted molar refractivity (Wildman–Crippen MR) is 85.7 cm³/mol. The highest BCUT2D eigenvalue weighted by Crippen LogP contribution is 2.37. The lowest BCUT2D eigenvalue weighted by Crippen LogP contribution is -1.96. The van der Waals surface area contributed by atoms with Gasteiger partial charge >= 0.3 is 0 Å². The minimum Gasteiger partial charge on any atom is -0.206 e. The summed E-state index contributed by atoms with van der Waals surface area (Å²) in [7, 11) is 0. The van der Waals surface area contributed by atoms with Gasteiger partial charge in [-0.25, -0.2) is 4.39 Å². The molecule has 100 valence electrons. The zero-order valence-corrected chi connectivity index (χ0v) is 12.8. The van der Waals surface area contributed by atoms with E-state index in [0.29, 0.717) is 5.39 Å². The second-order valence-electron chi connectivity index (χ2n) is 4.57. The van der Waals surface area contributed by atoms with E-state index in [1.807, 2.05) is 42.5 Å². The summed E-state index contributed by atoms with van der Waals surface area (Å²) in [5.74, 6) is -0.222. The first-order chi connectivity index (χ1) is 9.68. The molecule has 0 N–H and O–H groups in total. The van der Waals surface area contributed by atoms with E-state index in [2.05, 4.69) is 15.9 Å². The second kappa shape index (κ2) is 5.55. The summed E-state index contributed by atoms with van der Waals surface area (Å²) in [6.07, 6.45) is 0. The molecule has 0 bridgehead atoms. The third kappa shape index (κ3) is 2.34. The molecule has 0 saturated carbocycles. The van der Waals surface area contributed by atoms with Gasteiger partial charge in [0.15, 0.2) is 0 Å². The fourth-order valence-electron chi connectivity index (χ4n) is 2.35. The first-order valence-electron chi connectivity index (χ1n) is 6.24. The number of halogens is 3. The maximum absolute atomic E-state index is 13.9. The lowest BCUT2D eigenvalue weighted by Gasteiger charge is -2.15. The highest BCUT2D eigenvalue weighted by molar-refractivity contribution is 9.10. The van der Waals surface area contributed by atoms with E-state index in [-0.39, 0.29) is 11.2 Å². The highest BCUT2D eigenvalue weighted by Gasteiger charge is 2.17. The smallest absolute Gasteiger partial charge is 0.131 e. The molecule has 0 saturated heterocycles. The topological polar surface area (TPSA) is 0 Å². The van der Waals surface area contributed by atoms with E-state index in [4.69, 9.17) is 11.6 Å². The van der Waals surface area contributed by atoms with Crippen LogP contribution in [0, 0.1) is 5.82 Å². The molecule has 0 heterocycles. The van der Waals surface area contributed by atoms with Gasteiger partial charge in [0.2, 0.25) is 0 Å². The molecule has 0 aliphatic heterocycles. The summed E-state index contributed by atoms with van der Waals surface area (Å²) in [6.45, 7) is 0. The summed E-state index contributed by atoms with van der Waals surface area (Å²) in [6, 6.07) is 18.5. The lowest BCUT2D eigenvalue weighted by molar-refractivity contribution is 0.639. The highest BCUT2D eigenvalue weighted by atomic mass is 79.9. The Balaban J connectivity index is 2.20. The fourth-order valence-corrected chi connectivity index (χ4v) is 3.38. The van der Waals surface area contributed by atoms with Crippen LogP contribution in [0.1, 0.15) is 16.5 Å². The molecular formula is C17H11BrClF. The molecule has 0 spiro atoms. The summed E-state index contributed by atoms with van der Waals surface area (Å²) in [5, 5.41) is 1.13. The molecule has 0 aliphatic rings. The number of benzene rings is 3. The summed E-state index contributed by atoms with van der Waals surface area (Å²) in [5.41, 5.74) is 1.89. The third-order valence-electron chi connectivity index (χ3n) is 3.36. The van der Waals surface area contributed by atoms with Crippen molar-refractivity contribution in [2.75, 3.05) is 0 Å². The van der Waals surface area contributed by atoms with Crippen molar-refractivity contribution >= 4 is 38.3 Å². The minimum absolute atomic E-state index is 0.222. The van der Waals surface area contributed by atoms with Crippen LogP contribution in [0.15, 0.2) is 65.1 Å². The van der Waals surface area contributed by atoms with Crippen LogP contribution in [0.3, 0.4) is 0 Å². The van der Waals surface area contributed by atoms with E-state index >= 15 is 0 Å². The van der Waals surface area contributed by atoms with Crippen LogP contribution in [0.5, 0.6) is 0 Å². The monoisotopic (exact) mass is 348 g/mol. The van der Waals surface area contributed by atoms with Gasteiger partial charge in [0.1, 0.15) is 5.82 Å². The zero-order chi connectivity index (χ0) is 14.1. The second-order valence-corrected chi connectivity index (χ2v) is 5.86. The lowest BCUT2D eigenvalue weighted by atomic mass is 9.98. The zero-order valence-electron chi connectivity index (χ0n) is 10.5. The number of rotatable bonds is 2. The average Bonchev–Trinajstić information content (AvgIpc) is 2.48. The number of fused-ring (bicyclic) bond motifs is 1. The van der Waals surface area contributed by atoms with E-state index < -0.39 is 0 Å². The molecule has 0 aromatic heterocycles. The molecule has 3 aromatic carbocycles. The Hall–Kier alpha value is -1.38. The van der Waals surface area contributed by atoms with Gasteiger partial charge in [-0.3, -0.25) is 0 Å². The molecule has 0 nitrogen and oxygen atoms in total. The molecule has 0 fully saturated rings. The molecule has 20 heavy (non-hydrogen) atoms. The normalized spacial score (nSPS) is 12.6. The van der Waals surface area contributed by atoms with Crippen molar-refractivity contribution < 1.29 is 4.39 Å². The number of hydrogen-bond acceptors (Lipinski definition) is 0. The maximum atomic E-state index is 13.9. The standard InChI is InChI=1S/C17H11BrClF/c18-15-8-4-3-7-14(15)17(19)13-9-10-16(20)12-6-2-1-5-11(12)13/h1-10,17H. The Morgan fingerprint density at radius 1 is 0.800 bits per heavy atom. The first kappa shape index (κ1) is 13.6. The number of hydrogen-bond donors (Lipinski definition) is 0. The average molecular weight is 350 g/mol. The van der Waals surface area contributed by atoms with E-state index in [1.54, 1.807) is 12.1 Å². The van der Waals surface area contributed by atoms with Crippen LogP contribution in [-0.2, 0) is 0 Å². The van der Waals surface area contributed by atoms with Crippen LogP contribution in [0.2, 0.25) is 0 Å². The summed E-state index contributed by atoms with van der Waals surface area (Å²) >= 11 is 10.1. The maximum Gasteiger partial charge on any atom is 0.131 e. The third-order valence-corrected chi connectivity index (χ3v) is 4.55. The molecule has 0 aliphatic carbocycles. The van der Waals surface area contributed by atoms with E-state index in [1.165, 1.54) is 6.07 Å². The molecule has 3 heteroatoms. The summed E-state index contributed by atoms with van der Waals surface area (Å²) in [4.78, 5) is 0. The van der Waals surface area contributed by atoms with Crippen molar-refractivity contribution in [3.63, 3.8) is 0 Å². The van der Waals surface area contributed by atoms with Gasteiger partial charge in [0.05, 0.1) is 5.38 Å². The van der Waals surface area contributed by atoms with Gasteiger partial charge in [0.25, 0.3) is 0 Å². The molecular weight excluding hydrogens is 339 g/mol. The van der Waals surface area contributed by atoms with Crippen LogP contribution in [-0.4, -0.2) is 0 Å². The summed E-state index contributed by atoms with van der Waals surface area (Å²) < 4.78 is 14.8. The van der Waals surface area contributed by atoms with Crippen LogP contribution < -0.4 is 0 Å². The first-order valence-corrected chi connectivity index (χ1v) is 7.47. The van der Waals surface area contributed by atoms with Crippen LogP contribution in [0.4, 0.5) is 4.39 Å². The Morgan fingerprint density at radius 2 is 1.45 bits per heavy atom. The van der Waals surface area contributed by atoms with Crippen molar-refractivity contribution in [2.24, 2.45) is 0 Å². The Morgan fingerprint density at radius 3 is 2.20 bits per heavy atom. The molecule has 0 radical (unpaired) electrons. The van der Waals surface area contributed by atoms with Gasteiger partial charge in [-0.1, -0.05) is 64.5 Å². The molecule has 1 unspecified atom stereocenters. The van der Waals surface area contributed by atoms with Crippen LogP contribution >= 0.6 is 27.5 Å². The van der Waals surface area contributed by atoms with E-state index in [0.717, 1.165) is 21.0 Å². The molecule has 3 rings (SSSR count). The Bertz CT molecular complexity index is 770. The largest absolute Gasteiger partial charge is 0.206 e. The van der Waals surface area contributed by atoms with Crippen molar-refractivity contribution in [2.45, 2.75) is 5.38 Å². The Labute approximate surface area is 130 Å². The molecule has 1 atom stereocenters. The number of alkyl halides is 1. The van der Waals surface area contributed by atoms with Crippen molar-refractivity contribution in [3.8, 4) is 0 Å². The van der Waals surface area contributed by atoms with Gasteiger partial charge in [-0.15, -0.1) is 11.6 Å². The van der Waals surface area contributed by atoms with Crippen LogP contribution in [0.25, 0.3) is 10.8 Å². The molecule has 0 amide bonds. The van der Waals surface area contributed by atoms with E-state index in [9.17, 15) is 4.39 Å². The van der Waals surface area contributed by atoms with Gasteiger partial charge in [-0.05, 0) is 28.6 Å². The van der Waals surface area contributed by atoms with Gasteiger partial charge < -0.3 is 0 Å². The minimum atomic E-state index is -0.323. The SMILES string of the molecule is Fc1ccc(C(Cl)c2ccccc2Br)c2ccccc12. The van der Waals surface area contributed by atoms with Gasteiger partial charge in [0, 0.05) is 9.86 Å². The van der Waals surface area contributed by atoms with Crippen molar-refractivity contribution in [3.05, 3.63) is 82.1 Å². The fraction of sp³-hybridized carbons (Fsp3) is 0.0588. The quantitative estimate of drug-likeness (QED) is 0.493. The Kier molecular flexibility index (Phi) is 3.77. The van der Waals surface area contributed by atoms with Crippen molar-refractivity contribution in [1.29, 1.82) is 0 Å². The van der Waals surface area contributed by atoms with Gasteiger partial charge in [-0.2, -0.15) is 0 Å².